The molecule has 0 atom stereocenters. The van der Waals surface area contributed by atoms with Crippen molar-refractivity contribution in [3.05, 3.63) is 57.6 Å². The predicted molar refractivity (Wildman–Crippen MR) is 89.7 cm³/mol. The summed E-state index contributed by atoms with van der Waals surface area (Å²) in [6.45, 7) is 0.772. The van der Waals surface area contributed by atoms with Crippen LogP contribution in [0.4, 0.5) is 5.69 Å². The third-order valence-corrected chi connectivity index (χ3v) is 5.57. The van der Waals surface area contributed by atoms with E-state index in [9.17, 15) is 13.2 Å². The van der Waals surface area contributed by atoms with Crippen LogP contribution in [0.15, 0.2) is 41.3 Å². The highest BCUT2D eigenvalue weighted by atomic mass is 35.5. The molecule has 0 aliphatic carbocycles. The Kier molecular flexibility index (Phi) is 4.23. The number of hydrogen-bond acceptors (Lipinski definition) is 4. The number of halogens is 2. The van der Waals surface area contributed by atoms with Crippen molar-refractivity contribution in [1.82, 2.24) is 4.72 Å². The fourth-order valence-electron chi connectivity index (χ4n) is 2.33. The molecule has 0 saturated carbocycles. The topological polar surface area (TPSA) is 75.3 Å². The minimum absolute atomic E-state index is 0.0494. The molecule has 23 heavy (non-hydrogen) atoms. The average Bonchev–Trinajstić information content (AvgIpc) is 2.97. The van der Waals surface area contributed by atoms with Gasteiger partial charge in [-0.25, -0.2) is 13.1 Å². The number of nitrogens with one attached hydrogen (secondary N) is 2. The molecule has 8 heteroatoms. The summed E-state index contributed by atoms with van der Waals surface area (Å²) in [6.07, 6.45) is 0.749. The smallest absolute Gasteiger partial charge is 0.265 e. The second-order valence-corrected chi connectivity index (χ2v) is 7.56. The van der Waals surface area contributed by atoms with E-state index in [4.69, 9.17) is 23.2 Å². The molecule has 5 nitrogen and oxygen atoms in total. The van der Waals surface area contributed by atoms with Crippen LogP contribution >= 0.6 is 23.2 Å². The molecule has 0 fully saturated rings. The first kappa shape index (κ1) is 16.1. The minimum atomic E-state index is -3.96. The van der Waals surface area contributed by atoms with Gasteiger partial charge in [0.25, 0.3) is 15.9 Å². The number of amides is 1. The maximum atomic E-state index is 12.4. The molecule has 2 N–H and O–H groups in total. The van der Waals surface area contributed by atoms with Crippen LogP contribution < -0.4 is 10.0 Å². The van der Waals surface area contributed by atoms with Gasteiger partial charge >= 0.3 is 0 Å². The maximum Gasteiger partial charge on any atom is 0.265 e. The number of hydrogen-bond donors (Lipinski definition) is 2. The van der Waals surface area contributed by atoms with Gasteiger partial charge in [-0.3, -0.25) is 4.79 Å². The second kappa shape index (κ2) is 6.03. The Bertz CT molecular complexity index is 898. The SMILES string of the molecule is O=C(NS(=O)(=O)c1ccc2c(c1)CCN2)c1ccc(Cl)c(Cl)c1. The highest BCUT2D eigenvalue weighted by molar-refractivity contribution is 7.90. The Balaban J connectivity index is 1.85. The zero-order chi connectivity index (χ0) is 16.6. The lowest BCUT2D eigenvalue weighted by Crippen LogP contribution is -2.30. The van der Waals surface area contributed by atoms with Gasteiger partial charge in [-0.2, -0.15) is 0 Å². The average molecular weight is 371 g/mol. The van der Waals surface area contributed by atoms with Crippen LogP contribution in [-0.2, 0) is 16.4 Å². The van der Waals surface area contributed by atoms with Gasteiger partial charge in [-0.05, 0) is 48.4 Å². The Morgan fingerprint density at radius 1 is 1.09 bits per heavy atom. The van der Waals surface area contributed by atoms with Crippen molar-refractivity contribution in [1.29, 1.82) is 0 Å². The molecule has 0 spiro atoms. The number of anilines is 1. The van der Waals surface area contributed by atoms with E-state index in [0.29, 0.717) is 0 Å². The third-order valence-electron chi connectivity index (χ3n) is 3.51. The van der Waals surface area contributed by atoms with Crippen LogP contribution in [0.5, 0.6) is 0 Å². The normalized spacial score (nSPS) is 13.3. The first-order valence-corrected chi connectivity index (χ1v) is 9.00. The first-order valence-electron chi connectivity index (χ1n) is 6.76. The molecule has 0 aromatic heterocycles. The Morgan fingerprint density at radius 2 is 1.87 bits per heavy atom. The molecule has 3 rings (SSSR count). The Morgan fingerprint density at radius 3 is 2.61 bits per heavy atom. The number of carbonyl (C=O) groups excluding carboxylic acids is 1. The molecular formula is C15H12Cl2N2O3S. The predicted octanol–water partition coefficient (Wildman–Crippen LogP) is 3.08. The van der Waals surface area contributed by atoms with Gasteiger partial charge in [-0.1, -0.05) is 23.2 Å². The molecular weight excluding hydrogens is 359 g/mol. The lowest BCUT2D eigenvalue weighted by atomic mass is 10.2. The number of fused-ring (bicyclic) bond motifs is 1. The van der Waals surface area contributed by atoms with Gasteiger partial charge in [0.2, 0.25) is 0 Å². The number of carbonyl (C=O) groups is 1. The maximum absolute atomic E-state index is 12.4. The molecule has 2 aromatic carbocycles. The van der Waals surface area contributed by atoms with E-state index in [-0.39, 0.29) is 20.5 Å². The largest absolute Gasteiger partial charge is 0.384 e. The van der Waals surface area contributed by atoms with Crippen LogP contribution in [0.3, 0.4) is 0 Å². The van der Waals surface area contributed by atoms with Gasteiger partial charge in [0, 0.05) is 17.8 Å². The molecule has 0 bridgehead atoms. The lowest BCUT2D eigenvalue weighted by Gasteiger charge is -2.09. The lowest BCUT2D eigenvalue weighted by molar-refractivity contribution is 0.0981. The minimum Gasteiger partial charge on any atom is -0.384 e. The van der Waals surface area contributed by atoms with Crippen molar-refractivity contribution in [3.8, 4) is 0 Å². The zero-order valence-corrected chi connectivity index (χ0v) is 14.1. The summed E-state index contributed by atoms with van der Waals surface area (Å²) in [5.41, 5.74) is 1.94. The van der Waals surface area contributed by atoms with Crippen molar-refractivity contribution in [2.75, 3.05) is 11.9 Å². The quantitative estimate of drug-likeness (QED) is 0.870. The summed E-state index contributed by atoms with van der Waals surface area (Å²) in [7, 11) is -3.96. The fraction of sp³-hybridized carbons (Fsp3) is 0.133. The summed E-state index contributed by atoms with van der Waals surface area (Å²) in [6, 6.07) is 8.89. The number of rotatable bonds is 3. The molecule has 120 valence electrons. The third kappa shape index (κ3) is 3.29. The summed E-state index contributed by atoms with van der Waals surface area (Å²) in [4.78, 5) is 12.2. The fourth-order valence-corrected chi connectivity index (χ4v) is 3.65. The summed E-state index contributed by atoms with van der Waals surface area (Å²) in [5, 5.41) is 3.62. The molecule has 1 amide bonds. The van der Waals surface area contributed by atoms with E-state index < -0.39 is 15.9 Å². The van der Waals surface area contributed by atoms with Crippen molar-refractivity contribution >= 4 is 44.8 Å². The van der Waals surface area contributed by atoms with Gasteiger partial charge < -0.3 is 5.32 Å². The molecule has 1 aliphatic rings. The van der Waals surface area contributed by atoms with Crippen molar-refractivity contribution in [2.24, 2.45) is 0 Å². The highest BCUT2D eigenvalue weighted by Gasteiger charge is 2.21. The van der Waals surface area contributed by atoms with E-state index in [2.05, 4.69) is 5.32 Å². The van der Waals surface area contributed by atoms with Gasteiger partial charge in [-0.15, -0.1) is 0 Å². The van der Waals surface area contributed by atoms with Crippen molar-refractivity contribution in [2.45, 2.75) is 11.3 Å². The second-order valence-electron chi connectivity index (χ2n) is 5.06. The van der Waals surface area contributed by atoms with E-state index >= 15 is 0 Å². The monoisotopic (exact) mass is 370 g/mol. The van der Waals surface area contributed by atoms with E-state index in [1.807, 2.05) is 4.72 Å². The van der Waals surface area contributed by atoms with Crippen molar-refractivity contribution in [3.63, 3.8) is 0 Å². The van der Waals surface area contributed by atoms with E-state index in [1.54, 1.807) is 12.1 Å². The molecule has 1 heterocycles. The molecule has 0 radical (unpaired) electrons. The highest BCUT2D eigenvalue weighted by Crippen LogP contribution is 2.26. The Hall–Kier alpha value is -1.76. The summed E-state index contributed by atoms with van der Waals surface area (Å²) >= 11 is 11.6. The van der Waals surface area contributed by atoms with Gasteiger partial charge in [0.1, 0.15) is 0 Å². The zero-order valence-electron chi connectivity index (χ0n) is 11.8. The van der Waals surface area contributed by atoms with E-state index in [1.165, 1.54) is 24.3 Å². The van der Waals surface area contributed by atoms with Crippen LogP contribution in [-0.4, -0.2) is 20.9 Å². The molecule has 0 saturated heterocycles. The first-order chi connectivity index (χ1) is 10.9. The van der Waals surface area contributed by atoms with Crippen LogP contribution in [0.2, 0.25) is 10.0 Å². The molecule has 1 aliphatic heterocycles. The molecule has 0 unspecified atom stereocenters. The Labute approximate surface area is 143 Å². The summed E-state index contributed by atoms with van der Waals surface area (Å²) < 4.78 is 26.8. The van der Waals surface area contributed by atoms with Gasteiger partial charge in [0.05, 0.1) is 14.9 Å². The van der Waals surface area contributed by atoms with Gasteiger partial charge in [0.15, 0.2) is 0 Å². The van der Waals surface area contributed by atoms with Crippen LogP contribution in [0.1, 0.15) is 15.9 Å². The number of sulfonamides is 1. The van der Waals surface area contributed by atoms with E-state index in [0.717, 1.165) is 24.2 Å². The standard InChI is InChI=1S/C15H12Cl2N2O3S/c16-12-3-1-10(8-13(12)17)15(20)19-23(21,22)11-2-4-14-9(7-11)5-6-18-14/h1-4,7-8,18H,5-6H2,(H,19,20). The molecule has 2 aromatic rings. The number of benzene rings is 2. The summed E-state index contributed by atoms with van der Waals surface area (Å²) in [5.74, 6) is -0.762. The van der Waals surface area contributed by atoms with Crippen LogP contribution in [0, 0.1) is 0 Å². The van der Waals surface area contributed by atoms with Crippen LogP contribution in [0.25, 0.3) is 0 Å². The van der Waals surface area contributed by atoms with Crippen molar-refractivity contribution < 1.29 is 13.2 Å².